The average molecular weight is 404 g/mol. The Bertz CT molecular complexity index is 988. The molecule has 8 nitrogen and oxygen atoms in total. The van der Waals surface area contributed by atoms with E-state index in [2.05, 4.69) is 26.2 Å². The molecule has 0 unspecified atom stereocenters. The van der Waals surface area contributed by atoms with Crippen molar-refractivity contribution in [3.8, 4) is 6.07 Å². The maximum atomic E-state index is 11.9. The van der Waals surface area contributed by atoms with Gasteiger partial charge in [0.2, 0.25) is 5.91 Å². The van der Waals surface area contributed by atoms with Crippen molar-refractivity contribution in [3.63, 3.8) is 0 Å². The highest BCUT2D eigenvalue weighted by Gasteiger charge is 2.30. The molecule has 2 aliphatic heterocycles. The molecule has 154 valence electrons. The third kappa shape index (κ3) is 3.81. The number of hydrogen-bond acceptors (Lipinski definition) is 7. The van der Waals surface area contributed by atoms with Gasteiger partial charge in [-0.15, -0.1) is 0 Å². The van der Waals surface area contributed by atoms with Gasteiger partial charge in [0.15, 0.2) is 0 Å². The molecule has 1 saturated heterocycles. The highest BCUT2D eigenvalue weighted by Crippen LogP contribution is 2.30. The number of ether oxygens (including phenoxy) is 1. The highest BCUT2D eigenvalue weighted by molar-refractivity contribution is 5.93. The Morgan fingerprint density at radius 2 is 2.00 bits per heavy atom. The molecular weight excluding hydrogens is 380 g/mol. The second-order valence-electron chi connectivity index (χ2n) is 8.02. The van der Waals surface area contributed by atoms with Crippen LogP contribution < -0.4 is 15.1 Å². The van der Waals surface area contributed by atoms with Crippen LogP contribution in [0.2, 0.25) is 0 Å². The summed E-state index contributed by atoms with van der Waals surface area (Å²) in [4.78, 5) is 25.6. The maximum Gasteiger partial charge on any atom is 0.228 e. The minimum absolute atomic E-state index is 0.0706. The molecule has 2 aromatic rings. The predicted octanol–water partition coefficient (Wildman–Crippen LogP) is 2.10. The Morgan fingerprint density at radius 1 is 1.20 bits per heavy atom. The van der Waals surface area contributed by atoms with Crippen LogP contribution in [0.15, 0.2) is 24.4 Å². The quantitative estimate of drug-likeness (QED) is 0.834. The van der Waals surface area contributed by atoms with Crippen molar-refractivity contribution in [1.29, 1.82) is 5.26 Å². The Labute approximate surface area is 175 Å². The summed E-state index contributed by atoms with van der Waals surface area (Å²) >= 11 is 0. The van der Waals surface area contributed by atoms with E-state index in [9.17, 15) is 10.1 Å². The molecule has 0 bridgehead atoms. The number of rotatable bonds is 4. The minimum atomic E-state index is 0.0706. The van der Waals surface area contributed by atoms with E-state index in [4.69, 9.17) is 9.72 Å². The van der Waals surface area contributed by atoms with Crippen molar-refractivity contribution in [2.45, 2.75) is 25.9 Å². The van der Waals surface area contributed by atoms with Gasteiger partial charge in [-0.1, -0.05) is 0 Å². The van der Waals surface area contributed by atoms with Crippen LogP contribution in [0, 0.1) is 17.2 Å². The molecule has 8 heteroatoms. The van der Waals surface area contributed by atoms with Crippen molar-refractivity contribution >= 4 is 23.2 Å². The molecule has 0 spiro atoms. The number of piperazine rings is 1. The van der Waals surface area contributed by atoms with Gasteiger partial charge >= 0.3 is 0 Å². The van der Waals surface area contributed by atoms with Gasteiger partial charge in [-0.25, -0.2) is 9.97 Å². The molecule has 1 amide bonds. The summed E-state index contributed by atoms with van der Waals surface area (Å²) in [5.41, 5.74) is 3.73. The van der Waals surface area contributed by atoms with Crippen LogP contribution in [-0.4, -0.2) is 48.7 Å². The van der Waals surface area contributed by atoms with Crippen LogP contribution in [-0.2, 0) is 22.6 Å². The first-order valence-electron chi connectivity index (χ1n) is 10.5. The average Bonchev–Trinajstić information content (AvgIpc) is 3.64. The molecule has 5 rings (SSSR count). The Morgan fingerprint density at radius 3 is 2.70 bits per heavy atom. The van der Waals surface area contributed by atoms with Crippen molar-refractivity contribution in [3.05, 3.63) is 41.2 Å². The first-order chi connectivity index (χ1) is 14.7. The van der Waals surface area contributed by atoms with Gasteiger partial charge in [0.1, 0.15) is 17.7 Å². The first-order valence-corrected chi connectivity index (χ1v) is 10.5. The zero-order valence-corrected chi connectivity index (χ0v) is 16.8. The molecule has 3 aliphatic rings. The molecule has 1 N–H and O–H groups in total. The number of anilines is 3. The molecule has 1 aliphatic carbocycles. The van der Waals surface area contributed by atoms with Crippen LogP contribution in [0.3, 0.4) is 0 Å². The normalized spacial score (nSPS) is 18.5. The molecule has 0 atom stereocenters. The zero-order chi connectivity index (χ0) is 20.5. The molecule has 2 aromatic heterocycles. The van der Waals surface area contributed by atoms with E-state index in [-0.39, 0.29) is 11.8 Å². The molecular formula is C22H24N6O2. The molecule has 0 radical (unpaired) electrons. The van der Waals surface area contributed by atoms with E-state index in [1.54, 1.807) is 0 Å². The van der Waals surface area contributed by atoms with E-state index in [1.165, 1.54) is 0 Å². The number of carbonyl (C=O) groups is 1. The van der Waals surface area contributed by atoms with Crippen LogP contribution >= 0.6 is 0 Å². The van der Waals surface area contributed by atoms with Gasteiger partial charge in [0.05, 0.1) is 36.4 Å². The fraction of sp³-hybridized carbons (Fsp3) is 0.455. The number of nitrogens with one attached hydrogen (secondary N) is 1. The third-order valence-electron chi connectivity index (χ3n) is 5.92. The number of nitriles is 1. The number of amides is 1. The van der Waals surface area contributed by atoms with Crippen LogP contribution in [0.5, 0.6) is 0 Å². The molecule has 1 saturated carbocycles. The van der Waals surface area contributed by atoms with Gasteiger partial charge in [-0.2, -0.15) is 5.26 Å². The minimum Gasteiger partial charge on any atom is -0.376 e. The fourth-order valence-corrected chi connectivity index (χ4v) is 4.00. The van der Waals surface area contributed by atoms with Crippen LogP contribution in [0.25, 0.3) is 0 Å². The monoisotopic (exact) mass is 404 g/mol. The summed E-state index contributed by atoms with van der Waals surface area (Å²) in [6, 6.07) is 8.10. The molecule has 0 aromatic carbocycles. The van der Waals surface area contributed by atoms with Gasteiger partial charge in [0.25, 0.3) is 0 Å². The maximum absolute atomic E-state index is 11.9. The number of hydrogen-bond donors (Lipinski definition) is 1. The lowest BCUT2D eigenvalue weighted by Gasteiger charge is -2.37. The van der Waals surface area contributed by atoms with Crippen LogP contribution in [0.1, 0.15) is 29.7 Å². The van der Waals surface area contributed by atoms with Crippen molar-refractivity contribution in [1.82, 2.24) is 9.97 Å². The van der Waals surface area contributed by atoms with E-state index in [0.29, 0.717) is 24.6 Å². The second kappa shape index (κ2) is 7.92. The smallest absolute Gasteiger partial charge is 0.228 e. The number of nitrogens with zero attached hydrogens (tertiary/aromatic N) is 5. The fourth-order valence-electron chi connectivity index (χ4n) is 4.00. The first kappa shape index (κ1) is 18.8. The summed E-state index contributed by atoms with van der Waals surface area (Å²) in [5, 5.41) is 12.5. The van der Waals surface area contributed by atoms with E-state index < -0.39 is 0 Å². The standard InChI is InChI=1S/C22H24N6O2/c23-12-16-11-17-14-30-10-5-19(17)25-21(16)28-8-6-27(7-9-28)18-3-4-20(24-13-18)26-22(29)15-1-2-15/h3-4,11,13,15H,1-2,5-10,14H2,(H,24,26,29). The van der Waals surface area contributed by atoms with Gasteiger partial charge in [-0.3, -0.25) is 4.79 Å². The Kier molecular flexibility index (Phi) is 4.97. The summed E-state index contributed by atoms with van der Waals surface area (Å²) in [6.45, 7) is 4.44. The highest BCUT2D eigenvalue weighted by atomic mass is 16.5. The van der Waals surface area contributed by atoms with E-state index >= 15 is 0 Å². The number of carbonyl (C=O) groups excluding carboxylic acids is 1. The van der Waals surface area contributed by atoms with Gasteiger partial charge < -0.3 is 19.9 Å². The molecule has 4 heterocycles. The lowest BCUT2D eigenvalue weighted by Crippen LogP contribution is -2.47. The van der Waals surface area contributed by atoms with Crippen molar-refractivity contribution < 1.29 is 9.53 Å². The SMILES string of the molecule is N#Cc1cc2c(nc1N1CCN(c3ccc(NC(=O)C4CC4)nc3)CC1)CCOC2. The Balaban J connectivity index is 1.24. The Hall–Kier alpha value is -3.18. The summed E-state index contributed by atoms with van der Waals surface area (Å²) in [7, 11) is 0. The van der Waals surface area contributed by atoms with Gasteiger partial charge in [-0.05, 0) is 31.0 Å². The van der Waals surface area contributed by atoms with E-state index in [1.807, 2.05) is 24.4 Å². The number of fused-ring (bicyclic) bond motifs is 1. The summed E-state index contributed by atoms with van der Waals surface area (Å²) in [6.07, 6.45) is 4.57. The number of pyridine rings is 2. The van der Waals surface area contributed by atoms with Crippen LogP contribution in [0.4, 0.5) is 17.3 Å². The topological polar surface area (TPSA) is 94.4 Å². The largest absolute Gasteiger partial charge is 0.376 e. The molecule has 2 fully saturated rings. The summed E-state index contributed by atoms with van der Waals surface area (Å²) < 4.78 is 5.49. The van der Waals surface area contributed by atoms with E-state index in [0.717, 1.165) is 68.2 Å². The third-order valence-corrected chi connectivity index (χ3v) is 5.92. The summed E-state index contributed by atoms with van der Waals surface area (Å²) in [5.74, 6) is 1.63. The predicted molar refractivity (Wildman–Crippen MR) is 112 cm³/mol. The lowest BCUT2D eigenvalue weighted by molar-refractivity contribution is -0.117. The molecule has 30 heavy (non-hydrogen) atoms. The van der Waals surface area contributed by atoms with Gasteiger partial charge in [0, 0.05) is 44.1 Å². The van der Waals surface area contributed by atoms with Crippen molar-refractivity contribution in [2.75, 3.05) is 47.9 Å². The lowest BCUT2D eigenvalue weighted by atomic mass is 10.1. The van der Waals surface area contributed by atoms with Crippen molar-refractivity contribution in [2.24, 2.45) is 5.92 Å². The zero-order valence-electron chi connectivity index (χ0n) is 16.8. The number of aromatic nitrogens is 2. The second-order valence-corrected chi connectivity index (χ2v) is 8.02.